The molecule has 0 fully saturated rings. The molecule has 0 aliphatic rings. The van der Waals surface area contributed by atoms with Crippen LogP contribution in [0.4, 0.5) is 0 Å². The number of rotatable bonds is 10. The first-order valence-electron chi connectivity index (χ1n) is 10.2. The molecule has 0 radical (unpaired) electrons. The summed E-state index contributed by atoms with van der Waals surface area (Å²) in [6, 6.07) is 12.8. The number of carbonyl (C=O) groups excluding carboxylic acids is 2. The number of ether oxygens (including phenoxy) is 4. The summed E-state index contributed by atoms with van der Waals surface area (Å²) in [4.78, 5) is 31.2. The Morgan fingerprint density at radius 3 is 2.21 bits per heavy atom. The standard InChI is InChI=1S/C24H26N2O6S/c1-5-32-18-8-6-17(7-9-18)23-25-21(15-33-23)24(28)26(14-22(27)31-4)13-16-10-19(29-2)12-20(11-16)30-3/h6-12,15H,5,13-14H2,1-4H3. The van der Waals surface area contributed by atoms with Crippen molar-refractivity contribution in [1.29, 1.82) is 0 Å². The van der Waals surface area contributed by atoms with Crippen LogP contribution < -0.4 is 14.2 Å². The summed E-state index contributed by atoms with van der Waals surface area (Å²) >= 11 is 1.36. The van der Waals surface area contributed by atoms with Crippen LogP contribution in [0.1, 0.15) is 23.0 Å². The summed E-state index contributed by atoms with van der Waals surface area (Å²) in [5.41, 5.74) is 1.87. The van der Waals surface area contributed by atoms with E-state index in [1.807, 2.05) is 31.2 Å². The van der Waals surface area contributed by atoms with Gasteiger partial charge in [-0.05, 0) is 48.9 Å². The van der Waals surface area contributed by atoms with Crippen molar-refractivity contribution in [1.82, 2.24) is 9.88 Å². The van der Waals surface area contributed by atoms with Gasteiger partial charge in [0.25, 0.3) is 5.91 Å². The van der Waals surface area contributed by atoms with Crippen LogP contribution in [0, 0.1) is 0 Å². The first-order valence-corrected chi connectivity index (χ1v) is 11.1. The van der Waals surface area contributed by atoms with Gasteiger partial charge < -0.3 is 23.8 Å². The van der Waals surface area contributed by atoms with Crippen LogP contribution >= 0.6 is 11.3 Å². The van der Waals surface area contributed by atoms with Gasteiger partial charge in [0, 0.05) is 23.6 Å². The van der Waals surface area contributed by atoms with Crippen molar-refractivity contribution < 1.29 is 28.5 Å². The molecule has 0 atom stereocenters. The molecule has 33 heavy (non-hydrogen) atoms. The number of thiazole rings is 1. The SMILES string of the molecule is CCOc1ccc(-c2nc(C(=O)N(CC(=O)OC)Cc3cc(OC)cc(OC)c3)cs2)cc1. The van der Waals surface area contributed by atoms with Crippen LogP contribution in [0.2, 0.25) is 0 Å². The number of esters is 1. The van der Waals surface area contributed by atoms with E-state index in [4.69, 9.17) is 18.9 Å². The minimum Gasteiger partial charge on any atom is -0.497 e. The maximum atomic E-state index is 13.3. The zero-order valence-corrected chi connectivity index (χ0v) is 19.8. The summed E-state index contributed by atoms with van der Waals surface area (Å²) < 4.78 is 20.9. The van der Waals surface area contributed by atoms with Crippen LogP contribution in [0.3, 0.4) is 0 Å². The van der Waals surface area contributed by atoms with Gasteiger partial charge in [0.2, 0.25) is 0 Å². The molecule has 9 heteroatoms. The molecule has 1 aromatic heterocycles. The molecular weight excluding hydrogens is 444 g/mol. The molecule has 1 amide bonds. The van der Waals surface area contributed by atoms with Crippen molar-refractivity contribution >= 4 is 23.2 Å². The Balaban J connectivity index is 1.84. The second-order valence-electron chi connectivity index (χ2n) is 6.95. The highest BCUT2D eigenvalue weighted by molar-refractivity contribution is 7.13. The molecule has 0 aliphatic carbocycles. The maximum absolute atomic E-state index is 13.3. The summed E-state index contributed by atoms with van der Waals surface area (Å²) in [5.74, 6) is 1.03. The number of nitrogens with zero attached hydrogens (tertiary/aromatic N) is 2. The number of benzene rings is 2. The highest BCUT2D eigenvalue weighted by atomic mass is 32.1. The molecule has 3 aromatic rings. The Bertz CT molecular complexity index is 1070. The molecule has 0 aliphatic heterocycles. The predicted molar refractivity (Wildman–Crippen MR) is 125 cm³/mol. The van der Waals surface area contributed by atoms with Crippen LogP contribution in [0.25, 0.3) is 10.6 Å². The third-order valence-electron chi connectivity index (χ3n) is 4.76. The topological polar surface area (TPSA) is 87.2 Å². The molecule has 3 rings (SSSR count). The predicted octanol–water partition coefficient (Wildman–Crippen LogP) is 4.04. The molecular formula is C24H26N2O6S. The van der Waals surface area contributed by atoms with Crippen molar-refractivity contribution in [3.63, 3.8) is 0 Å². The number of methoxy groups -OCH3 is 3. The second kappa shape index (κ2) is 11.3. The van der Waals surface area contributed by atoms with Crippen molar-refractivity contribution in [3.8, 4) is 27.8 Å². The summed E-state index contributed by atoms with van der Waals surface area (Å²) in [7, 11) is 4.38. The van der Waals surface area contributed by atoms with Crippen LogP contribution in [-0.2, 0) is 16.1 Å². The van der Waals surface area contributed by atoms with Gasteiger partial charge in [-0.1, -0.05) is 0 Å². The molecule has 0 saturated carbocycles. The van der Waals surface area contributed by atoms with E-state index >= 15 is 0 Å². The zero-order chi connectivity index (χ0) is 23.8. The summed E-state index contributed by atoms with van der Waals surface area (Å²) in [6.07, 6.45) is 0. The lowest BCUT2D eigenvalue weighted by atomic mass is 10.1. The first-order chi connectivity index (χ1) is 16.0. The van der Waals surface area contributed by atoms with Crippen molar-refractivity contribution in [2.24, 2.45) is 0 Å². The van der Waals surface area contributed by atoms with E-state index in [2.05, 4.69) is 4.98 Å². The van der Waals surface area contributed by atoms with Crippen LogP contribution in [0.15, 0.2) is 47.8 Å². The fraction of sp³-hybridized carbons (Fsp3) is 0.292. The lowest BCUT2D eigenvalue weighted by molar-refractivity contribution is -0.141. The van der Waals surface area contributed by atoms with E-state index in [9.17, 15) is 9.59 Å². The van der Waals surface area contributed by atoms with Gasteiger partial charge in [-0.3, -0.25) is 9.59 Å². The Kier molecular flexibility index (Phi) is 8.26. The second-order valence-corrected chi connectivity index (χ2v) is 7.81. The van der Waals surface area contributed by atoms with Crippen molar-refractivity contribution in [2.75, 3.05) is 34.5 Å². The fourth-order valence-electron chi connectivity index (χ4n) is 3.12. The average molecular weight is 471 g/mol. The third-order valence-corrected chi connectivity index (χ3v) is 5.65. The highest BCUT2D eigenvalue weighted by Gasteiger charge is 2.23. The normalized spacial score (nSPS) is 10.4. The molecule has 174 valence electrons. The van der Waals surface area contributed by atoms with E-state index in [1.165, 1.54) is 23.3 Å². The number of hydrogen-bond acceptors (Lipinski definition) is 8. The van der Waals surface area contributed by atoms with Gasteiger partial charge in [-0.25, -0.2) is 4.98 Å². The van der Waals surface area contributed by atoms with E-state index in [1.54, 1.807) is 37.8 Å². The summed E-state index contributed by atoms with van der Waals surface area (Å²) in [5, 5.41) is 2.38. The van der Waals surface area contributed by atoms with Crippen molar-refractivity contribution in [2.45, 2.75) is 13.5 Å². The molecule has 0 spiro atoms. The Labute approximate surface area is 196 Å². The minimum absolute atomic E-state index is 0.150. The third kappa shape index (κ3) is 6.23. The number of aromatic nitrogens is 1. The first kappa shape index (κ1) is 24.1. The monoisotopic (exact) mass is 470 g/mol. The van der Waals surface area contributed by atoms with Crippen molar-refractivity contribution in [3.05, 3.63) is 59.1 Å². The van der Waals surface area contributed by atoms with Gasteiger partial charge in [-0.15, -0.1) is 11.3 Å². The van der Waals surface area contributed by atoms with Crippen LogP contribution in [-0.4, -0.2) is 56.2 Å². The van der Waals surface area contributed by atoms with Crippen LogP contribution in [0.5, 0.6) is 17.2 Å². The quantitative estimate of drug-likeness (QED) is 0.413. The summed E-state index contributed by atoms with van der Waals surface area (Å²) in [6.45, 7) is 2.45. The van der Waals surface area contributed by atoms with E-state index < -0.39 is 5.97 Å². The van der Waals surface area contributed by atoms with Gasteiger partial charge >= 0.3 is 5.97 Å². The number of amides is 1. The van der Waals surface area contributed by atoms with Gasteiger partial charge in [-0.2, -0.15) is 0 Å². The van der Waals surface area contributed by atoms with Gasteiger partial charge in [0.1, 0.15) is 34.5 Å². The van der Waals surface area contributed by atoms with E-state index in [0.29, 0.717) is 23.1 Å². The maximum Gasteiger partial charge on any atom is 0.325 e. The highest BCUT2D eigenvalue weighted by Crippen LogP contribution is 2.27. The van der Waals surface area contributed by atoms with Gasteiger partial charge in [0.15, 0.2) is 0 Å². The Hall–Kier alpha value is -3.59. The Morgan fingerprint density at radius 1 is 0.970 bits per heavy atom. The lowest BCUT2D eigenvalue weighted by Crippen LogP contribution is -2.36. The Morgan fingerprint density at radius 2 is 1.64 bits per heavy atom. The molecule has 2 aromatic carbocycles. The molecule has 1 heterocycles. The number of hydrogen-bond donors (Lipinski definition) is 0. The lowest BCUT2D eigenvalue weighted by Gasteiger charge is -2.21. The van der Waals surface area contributed by atoms with E-state index in [0.717, 1.165) is 16.9 Å². The average Bonchev–Trinajstić information content (AvgIpc) is 3.33. The van der Waals surface area contributed by atoms with Gasteiger partial charge in [0.05, 0.1) is 27.9 Å². The fourth-order valence-corrected chi connectivity index (χ4v) is 3.92. The molecule has 0 saturated heterocycles. The zero-order valence-electron chi connectivity index (χ0n) is 19.0. The largest absolute Gasteiger partial charge is 0.497 e. The minimum atomic E-state index is -0.528. The molecule has 8 nitrogen and oxygen atoms in total. The molecule has 0 N–H and O–H groups in total. The smallest absolute Gasteiger partial charge is 0.325 e. The number of carbonyl (C=O) groups is 2. The molecule has 0 bridgehead atoms. The van der Waals surface area contributed by atoms with E-state index in [-0.39, 0.29) is 24.7 Å². The molecule has 0 unspecified atom stereocenters.